The number of β-amino-alcohol motifs (C(OH)–C–C–N with tert-alkyl or cyclic N) is 1. The van der Waals surface area contributed by atoms with Crippen molar-refractivity contribution in [3.8, 4) is 17.1 Å². The Hall–Kier alpha value is -2.96. The largest absolute Gasteiger partial charge is 0.573 e. The lowest BCUT2D eigenvalue weighted by molar-refractivity contribution is -0.274. The molecule has 0 saturated carbocycles. The second-order valence-corrected chi connectivity index (χ2v) is 9.80. The highest BCUT2D eigenvalue weighted by Crippen LogP contribution is 2.34. The van der Waals surface area contributed by atoms with Crippen molar-refractivity contribution in [3.63, 3.8) is 0 Å². The fourth-order valence-electron chi connectivity index (χ4n) is 3.68. The molecule has 0 aliphatic carbocycles. The number of hydrogen-bond donors (Lipinski definition) is 1. The molecule has 4 rings (SSSR count). The van der Waals surface area contributed by atoms with Gasteiger partial charge in [-0.25, -0.2) is 8.42 Å². The van der Waals surface area contributed by atoms with Gasteiger partial charge >= 0.3 is 6.36 Å². The van der Waals surface area contributed by atoms with Gasteiger partial charge in [-0.2, -0.15) is 4.98 Å². The SMILES string of the molecule is CS(=O)(=O)c1ccc(CN2CC(O)CC2c2nc(-c3ccc(OC(F)(F)F)cc3)no2)cc1. The van der Waals surface area contributed by atoms with Gasteiger partial charge in [-0.3, -0.25) is 4.90 Å². The summed E-state index contributed by atoms with van der Waals surface area (Å²) in [5, 5.41) is 14.1. The first-order valence-corrected chi connectivity index (χ1v) is 11.8. The van der Waals surface area contributed by atoms with Crippen molar-refractivity contribution in [1.29, 1.82) is 0 Å². The Morgan fingerprint density at radius 2 is 1.82 bits per heavy atom. The van der Waals surface area contributed by atoms with Crippen LogP contribution in [0.4, 0.5) is 13.2 Å². The van der Waals surface area contributed by atoms with E-state index in [0.29, 0.717) is 25.1 Å². The predicted octanol–water partition coefficient (Wildman–Crippen LogP) is 3.35. The molecule has 176 valence electrons. The minimum atomic E-state index is -4.78. The number of aromatic nitrogens is 2. The van der Waals surface area contributed by atoms with Crippen molar-refractivity contribution >= 4 is 9.84 Å². The lowest BCUT2D eigenvalue weighted by Gasteiger charge is -2.21. The van der Waals surface area contributed by atoms with Crippen LogP contribution in [0.2, 0.25) is 0 Å². The van der Waals surface area contributed by atoms with Crippen LogP contribution >= 0.6 is 0 Å². The van der Waals surface area contributed by atoms with Gasteiger partial charge in [0.15, 0.2) is 9.84 Å². The van der Waals surface area contributed by atoms with E-state index in [1.165, 1.54) is 24.3 Å². The summed E-state index contributed by atoms with van der Waals surface area (Å²) >= 11 is 0. The summed E-state index contributed by atoms with van der Waals surface area (Å²) in [5.41, 5.74) is 1.29. The fourth-order valence-corrected chi connectivity index (χ4v) is 4.31. The highest BCUT2D eigenvalue weighted by molar-refractivity contribution is 7.90. The van der Waals surface area contributed by atoms with E-state index < -0.39 is 22.3 Å². The predicted molar refractivity (Wildman–Crippen MR) is 110 cm³/mol. The third-order valence-electron chi connectivity index (χ3n) is 5.19. The molecule has 0 bridgehead atoms. The van der Waals surface area contributed by atoms with E-state index in [0.717, 1.165) is 24.0 Å². The van der Waals surface area contributed by atoms with Crippen molar-refractivity contribution in [3.05, 3.63) is 60.0 Å². The molecular formula is C21H20F3N3O5S. The minimum absolute atomic E-state index is 0.197. The monoisotopic (exact) mass is 483 g/mol. The van der Waals surface area contributed by atoms with Crippen molar-refractivity contribution in [2.24, 2.45) is 0 Å². The van der Waals surface area contributed by atoms with E-state index >= 15 is 0 Å². The van der Waals surface area contributed by atoms with E-state index in [-0.39, 0.29) is 28.4 Å². The van der Waals surface area contributed by atoms with E-state index in [4.69, 9.17) is 4.52 Å². The number of aliphatic hydroxyl groups is 1. The van der Waals surface area contributed by atoms with Gasteiger partial charge in [0.1, 0.15) is 5.75 Å². The van der Waals surface area contributed by atoms with E-state index in [1.54, 1.807) is 12.1 Å². The van der Waals surface area contributed by atoms with Crippen LogP contribution in [-0.2, 0) is 16.4 Å². The summed E-state index contributed by atoms with van der Waals surface area (Å²) < 4.78 is 69.5. The Morgan fingerprint density at radius 3 is 2.42 bits per heavy atom. The van der Waals surface area contributed by atoms with Gasteiger partial charge in [0.2, 0.25) is 11.7 Å². The molecule has 1 N–H and O–H groups in total. The van der Waals surface area contributed by atoms with Gasteiger partial charge in [-0.1, -0.05) is 17.3 Å². The summed E-state index contributed by atoms with van der Waals surface area (Å²) in [5.74, 6) is 0.106. The Balaban J connectivity index is 1.49. The molecule has 1 aliphatic heterocycles. The molecule has 0 amide bonds. The number of benzene rings is 2. The van der Waals surface area contributed by atoms with Crippen molar-refractivity contribution in [1.82, 2.24) is 15.0 Å². The van der Waals surface area contributed by atoms with E-state index in [1.807, 2.05) is 4.90 Å². The maximum Gasteiger partial charge on any atom is 0.573 e. The Labute approximate surface area is 187 Å². The molecule has 0 radical (unpaired) electrons. The molecule has 8 nitrogen and oxygen atoms in total. The molecule has 1 fully saturated rings. The molecule has 1 aromatic heterocycles. The van der Waals surface area contributed by atoms with E-state index in [2.05, 4.69) is 14.9 Å². The first kappa shape index (κ1) is 23.2. The molecule has 1 aliphatic rings. The van der Waals surface area contributed by atoms with Gasteiger partial charge in [0.25, 0.3) is 0 Å². The number of nitrogens with zero attached hydrogens (tertiary/aromatic N) is 3. The molecule has 2 atom stereocenters. The molecule has 2 heterocycles. The zero-order valence-electron chi connectivity index (χ0n) is 17.4. The summed E-state index contributed by atoms with van der Waals surface area (Å²) in [4.78, 5) is 6.53. The highest BCUT2D eigenvalue weighted by Gasteiger charge is 2.36. The quantitative estimate of drug-likeness (QED) is 0.569. The molecule has 2 unspecified atom stereocenters. The Kier molecular flexibility index (Phi) is 6.16. The minimum Gasteiger partial charge on any atom is -0.406 e. The van der Waals surface area contributed by atoms with Crippen LogP contribution in [0.25, 0.3) is 11.4 Å². The van der Waals surface area contributed by atoms with Gasteiger partial charge in [0.05, 0.1) is 17.0 Å². The smallest absolute Gasteiger partial charge is 0.406 e. The van der Waals surface area contributed by atoms with Crippen LogP contribution in [0.15, 0.2) is 57.9 Å². The van der Waals surface area contributed by atoms with Crippen LogP contribution in [0.5, 0.6) is 5.75 Å². The second kappa shape index (κ2) is 8.76. The summed E-state index contributed by atoms with van der Waals surface area (Å²) in [6, 6.07) is 11.2. The fraction of sp³-hybridized carbons (Fsp3) is 0.333. The summed E-state index contributed by atoms with van der Waals surface area (Å²) in [6.45, 7) is 0.784. The zero-order valence-corrected chi connectivity index (χ0v) is 18.2. The normalized spacial score (nSPS) is 19.7. The zero-order chi connectivity index (χ0) is 23.8. The number of alkyl halides is 3. The van der Waals surface area contributed by atoms with Crippen LogP contribution in [-0.4, -0.2) is 53.8 Å². The van der Waals surface area contributed by atoms with Crippen LogP contribution in [0.3, 0.4) is 0 Å². The standard InChI is InChI=1S/C21H20F3N3O5S/c1-33(29,30)17-8-2-13(3-9-17)11-27-12-15(28)10-18(27)20-25-19(26-32-20)14-4-6-16(7-5-14)31-21(22,23)24/h2-9,15,18,28H,10-12H2,1H3. The molecule has 2 aromatic carbocycles. The lowest BCUT2D eigenvalue weighted by Crippen LogP contribution is -2.24. The molecule has 1 saturated heterocycles. The number of hydrogen-bond acceptors (Lipinski definition) is 8. The topological polar surface area (TPSA) is 106 Å². The average molecular weight is 483 g/mol. The summed E-state index contributed by atoms with van der Waals surface area (Å²) in [6.07, 6.45) is -3.89. The van der Waals surface area contributed by atoms with Crippen LogP contribution in [0, 0.1) is 0 Å². The maximum absolute atomic E-state index is 12.3. The van der Waals surface area contributed by atoms with Crippen molar-refractivity contribution in [2.75, 3.05) is 12.8 Å². The van der Waals surface area contributed by atoms with E-state index in [9.17, 15) is 26.7 Å². The number of ether oxygens (including phenoxy) is 1. The first-order valence-electron chi connectivity index (χ1n) is 9.89. The Morgan fingerprint density at radius 1 is 1.15 bits per heavy atom. The van der Waals surface area contributed by atoms with Gasteiger partial charge < -0.3 is 14.4 Å². The number of aliphatic hydroxyl groups excluding tert-OH is 1. The second-order valence-electron chi connectivity index (χ2n) is 7.78. The number of sulfone groups is 1. The molecular weight excluding hydrogens is 463 g/mol. The van der Waals surface area contributed by atoms with Gasteiger partial charge in [-0.15, -0.1) is 13.2 Å². The molecule has 33 heavy (non-hydrogen) atoms. The first-order chi connectivity index (χ1) is 15.5. The molecule has 12 heteroatoms. The summed E-state index contributed by atoms with van der Waals surface area (Å²) in [7, 11) is -3.30. The van der Waals surface area contributed by atoms with Crippen LogP contribution < -0.4 is 4.74 Å². The average Bonchev–Trinajstić information content (AvgIpc) is 3.34. The van der Waals surface area contributed by atoms with Crippen molar-refractivity contribution < 1.29 is 36.0 Å². The maximum atomic E-state index is 12.3. The third-order valence-corrected chi connectivity index (χ3v) is 6.32. The van der Waals surface area contributed by atoms with Gasteiger partial charge in [0, 0.05) is 24.9 Å². The molecule has 3 aromatic rings. The van der Waals surface area contributed by atoms with Crippen LogP contribution in [0.1, 0.15) is 23.9 Å². The number of likely N-dealkylation sites (tertiary alicyclic amines) is 1. The number of rotatable bonds is 6. The highest BCUT2D eigenvalue weighted by atomic mass is 32.2. The number of halogens is 3. The van der Waals surface area contributed by atoms with Gasteiger partial charge in [-0.05, 0) is 48.4 Å². The Bertz CT molecular complexity index is 1210. The third kappa shape index (κ3) is 5.70. The van der Waals surface area contributed by atoms with Crippen molar-refractivity contribution in [2.45, 2.75) is 36.4 Å². The lowest BCUT2D eigenvalue weighted by atomic mass is 10.1. The molecule has 0 spiro atoms.